The summed E-state index contributed by atoms with van der Waals surface area (Å²) in [6.45, 7) is 2.65. The van der Waals surface area contributed by atoms with Crippen LogP contribution in [0.2, 0.25) is 0 Å². The van der Waals surface area contributed by atoms with E-state index in [1.54, 1.807) is 0 Å². The number of H-pyrrole nitrogens is 1. The molecule has 5 heteroatoms. The molecule has 0 amide bonds. The number of hydrogen-bond donors (Lipinski definition) is 1. The van der Waals surface area contributed by atoms with E-state index in [1.165, 1.54) is 0 Å². The minimum absolute atomic E-state index is 0.0242. The highest BCUT2D eigenvalue weighted by atomic mass is 16.6. The van der Waals surface area contributed by atoms with Crippen molar-refractivity contribution in [3.63, 3.8) is 0 Å². The molecule has 0 aromatic carbocycles. The summed E-state index contributed by atoms with van der Waals surface area (Å²) in [6.07, 6.45) is 3.21. The van der Waals surface area contributed by atoms with Gasteiger partial charge in [-0.3, -0.25) is 0 Å². The van der Waals surface area contributed by atoms with Gasteiger partial charge < -0.3 is 9.15 Å². The Hall–Kier alpha value is -1.26. The average molecular weight is 172 g/mol. The second-order valence-corrected chi connectivity index (χ2v) is 2.43. The first-order chi connectivity index (χ1) is 5.83. The number of hydrogen-bond acceptors (Lipinski definition) is 4. The summed E-state index contributed by atoms with van der Waals surface area (Å²) < 4.78 is 9.54. The maximum Gasteiger partial charge on any atom is 0.436 e. The fourth-order valence-electron chi connectivity index (χ4n) is 0.790. The average Bonchev–Trinajstić information content (AvgIpc) is 2.45. The van der Waals surface area contributed by atoms with Gasteiger partial charge >= 0.3 is 11.8 Å². The van der Waals surface area contributed by atoms with Crippen LogP contribution in [0.5, 0.6) is 6.08 Å². The van der Waals surface area contributed by atoms with Crippen molar-refractivity contribution in [1.82, 2.24) is 10.2 Å². The van der Waals surface area contributed by atoms with Gasteiger partial charge in [0.2, 0.25) is 0 Å². The van der Waals surface area contributed by atoms with Crippen molar-refractivity contribution in [3.05, 3.63) is 10.6 Å². The highest BCUT2D eigenvalue weighted by Gasteiger charge is 1.99. The second kappa shape index (κ2) is 4.58. The summed E-state index contributed by atoms with van der Waals surface area (Å²) in [6, 6.07) is 0. The molecule has 1 N–H and O–H groups in total. The Morgan fingerprint density at radius 2 is 2.42 bits per heavy atom. The Balaban J connectivity index is 2.20. The molecule has 0 saturated carbocycles. The van der Waals surface area contributed by atoms with Gasteiger partial charge in [0, 0.05) is 0 Å². The van der Waals surface area contributed by atoms with Crippen molar-refractivity contribution in [3.8, 4) is 6.08 Å². The van der Waals surface area contributed by atoms with E-state index in [2.05, 4.69) is 21.5 Å². The number of rotatable bonds is 5. The van der Waals surface area contributed by atoms with Gasteiger partial charge in [0.25, 0.3) is 0 Å². The van der Waals surface area contributed by atoms with Crippen LogP contribution in [0, 0.1) is 0 Å². The van der Waals surface area contributed by atoms with Crippen LogP contribution in [0.4, 0.5) is 0 Å². The van der Waals surface area contributed by atoms with Crippen molar-refractivity contribution >= 4 is 0 Å². The van der Waals surface area contributed by atoms with Crippen molar-refractivity contribution < 1.29 is 9.15 Å². The van der Waals surface area contributed by atoms with Crippen molar-refractivity contribution in [2.45, 2.75) is 26.2 Å². The number of unbranched alkanes of at least 4 members (excludes halogenated alkanes) is 2. The summed E-state index contributed by atoms with van der Waals surface area (Å²) in [5.74, 6) is -0.583. The molecule has 0 aliphatic carbocycles. The molecule has 12 heavy (non-hydrogen) atoms. The Labute approximate surface area is 69.7 Å². The lowest BCUT2D eigenvalue weighted by atomic mass is 10.3. The maximum atomic E-state index is 10.4. The molecule has 5 nitrogen and oxygen atoms in total. The lowest BCUT2D eigenvalue weighted by Crippen LogP contribution is -1.97. The summed E-state index contributed by atoms with van der Waals surface area (Å²) in [4.78, 5) is 10.4. The normalized spacial score (nSPS) is 10.1. The topological polar surface area (TPSA) is 68.1 Å². The Bertz CT molecular complexity index is 266. The Kier molecular flexibility index (Phi) is 3.37. The van der Waals surface area contributed by atoms with Crippen LogP contribution < -0.4 is 10.5 Å². The largest absolute Gasteiger partial charge is 0.449 e. The van der Waals surface area contributed by atoms with Crippen molar-refractivity contribution in [1.29, 1.82) is 0 Å². The second-order valence-electron chi connectivity index (χ2n) is 2.43. The van der Waals surface area contributed by atoms with Crippen LogP contribution >= 0.6 is 0 Å². The number of nitrogens with one attached hydrogen (secondary N) is 1. The van der Waals surface area contributed by atoms with E-state index in [4.69, 9.17) is 4.74 Å². The number of aromatic nitrogens is 2. The van der Waals surface area contributed by atoms with E-state index in [0.29, 0.717) is 6.61 Å². The van der Waals surface area contributed by atoms with E-state index in [9.17, 15) is 4.79 Å². The molecular formula is C7H12N2O3. The predicted molar refractivity (Wildman–Crippen MR) is 42.1 cm³/mol. The standard InChI is InChI=1S/C7H12N2O3/c1-2-3-4-5-11-7-9-8-6(10)12-7/h2-5H2,1H3,(H,8,10). The van der Waals surface area contributed by atoms with E-state index in [-0.39, 0.29) is 6.08 Å². The summed E-state index contributed by atoms with van der Waals surface area (Å²) >= 11 is 0. The Morgan fingerprint density at radius 3 is 3.00 bits per heavy atom. The van der Waals surface area contributed by atoms with Crippen LogP contribution in [0.15, 0.2) is 9.21 Å². The zero-order valence-corrected chi connectivity index (χ0v) is 7.00. The van der Waals surface area contributed by atoms with Gasteiger partial charge in [0.1, 0.15) is 0 Å². The summed E-state index contributed by atoms with van der Waals surface area (Å²) in [5.41, 5.74) is 0. The molecule has 1 aromatic rings. The van der Waals surface area contributed by atoms with E-state index >= 15 is 0 Å². The van der Waals surface area contributed by atoms with Crippen LogP contribution in [-0.2, 0) is 0 Å². The molecule has 0 radical (unpaired) electrons. The molecule has 0 bridgehead atoms. The third-order valence-corrected chi connectivity index (χ3v) is 1.39. The zero-order chi connectivity index (χ0) is 8.81. The fraction of sp³-hybridized carbons (Fsp3) is 0.714. The van der Waals surface area contributed by atoms with Crippen molar-refractivity contribution in [2.24, 2.45) is 0 Å². The molecule has 0 spiro atoms. The number of ether oxygens (including phenoxy) is 1. The quantitative estimate of drug-likeness (QED) is 0.671. The number of aromatic amines is 1. The molecule has 1 heterocycles. The van der Waals surface area contributed by atoms with E-state index in [0.717, 1.165) is 19.3 Å². The third kappa shape index (κ3) is 2.77. The lowest BCUT2D eigenvalue weighted by molar-refractivity contribution is 0.220. The molecule has 1 rings (SSSR count). The molecule has 0 fully saturated rings. The van der Waals surface area contributed by atoms with Crippen LogP contribution in [0.25, 0.3) is 0 Å². The first kappa shape index (κ1) is 8.83. The molecule has 0 aliphatic heterocycles. The fourth-order valence-corrected chi connectivity index (χ4v) is 0.790. The van der Waals surface area contributed by atoms with Crippen LogP contribution in [0.1, 0.15) is 26.2 Å². The first-order valence-electron chi connectivity index (χ1n) is 4.01. The number of nitrogens with zero attached hydrogens (tertiary/aromatic N) is 1. The molecule has 0 unspecified atom stereocenters. The van der Waals surface area contributed by atoms with Crippen LogP contribution in [0.3, 0.4) is 0 Å². The van der Waals surface area contributed by atoms with E-state index < -0.39 is 5.76 Å². The minimum atomic E-state index is -0.583. The van der Waals surface area contributed by atoms with Gasteiger partial charge in [-0.2, -0.15) is 0 Å². The Morgan fingerprint density at radius 1 is 1.58 bits per heavy atom. The molecule has 0 aliphatic rings. The highest BCUT2D eigenvalue weighted by Crippen LogP contribution is 2.01. The monoisotopic (exact) mass is 172 g/mol. The highest BCUT2D eigenvalue weighted by molar-refractivity contribution is 4.76. The van der Waals surface area contributed by atoms with Gasteiger partial charge in [-0.15, -0.1) is 0 Å². The van der Waals surface area contributed by atoms with Crippen LogP contribution in [-0.4, -0.2) is 16.8 Å². The van der Waals surface area contributed by atoms with Gasteiger partial charge in [0.15, 0.2) is 0 Å². The van der Waals surface area contributed by atoms with Gasteiger partial charge in [-0.25, -0.2) is 9.89 Å². The van der Waals surface area contributed by atoms with E-state index in [1.807, 2.05) is 0 Å². The lowest BCUT2D eigenvalue weighted by Gasteiger charge is -1.97. The maximum absolute atomic E-state index is 10.4. The first-order valence-corrected chi connectivity index (χ1v) is 4.01. The van der Waals surface area contributed by atoms with Gasteiger partial charge in [-0.1, -0.05) is 24.9 Å². The third-order valence-electron chi connectivity index (χ3n) is 1.39. The molecular weight excluding hydrogens is 160 g/mol. The molecule has 0 atom stereocenters. The molecule has 68 valence electrons. The molecule has 0 saturated heterocycles. The zero-order valence-electron chi connectivity index (χ0n) is 7.00. The smallest absolute Gasteiger partial charge is 0.436 e. The van der Waals surface area contributed by atoms with Gasteiger partial charge in [-0.05, 0) is 6.42 Å². The summed E-state index contributed by atoms with van der Waals surface area (Å²) in [7, 11) is 0. The summed E-state index contributed by atoms with van der Waals surface area (Å²) in [5, 5.41) is 5.60. The SMILES string of the molecule is CCCCCOc1n[nH]c(=O)o1. The van der Waals surface area contributed by atoms with Gasteiger partial charge in [0.05, 0.1) is 6.61 Å². The minimum Gasteiger partial charge on any atom is -0.449 e. The predicted octanol–water partition coefficient (Wildman–Crippen LogP) is 0.932. The van der Waals surface area contributed by atoms with Crippen molar-refractivity contribution in [2.75, 3.05) is 6.61 Å². The molecule has 1 aromatic heterocycles.